The summed E-state index contributed by atoms with van der Waals surface area (Å²) in [6, 6.07) is 9.89. The van der Waals surface area contributed by atoms with Gasteiger partial charge in [0.05, 0.1) is 12.1 Å². The van der Waals surface area contributed by atoms with Crippen LogP contribution in [0, 0.1) is 6.92 Å². The molecule has 0 atom stereocenters. The van der Waals surface area contributed by atoms with Crippen molar-refractivity contribution < 1.29 is 9.21 Å². The van der Waals surface area contributed by atoms with Gasteiger partial charge in [-0.2, -0.15) is 0 Å². The topological polar surface area (TPSA) is 68.3 Å². The van der Waals surface area contributed by atoms with Crippen LogP contribution in [0.3, 0.4) is 0 Å². The van der Waals surface area contributed by atoms with E-state index in [0.29, 0.717) is 17.9 Å². The highest BCUT2D eigenvalue weighted by Gasteiger charge is 2.23. The van der Waals surface area contributed by atoms with Crippen LogP contribution in [0.5, 0.6) is 0 Å². The van der Waals surface area contributed by atoms with E-state index < -0.39 is 0 Å². The van der Waals surface area contributed by atoms with Gasteiger partial charge in [0.2, 0.25) is 0 Å². The van der Waals surface area contributed by atoms with E-state index in [1.807, 2.05) is 26.0 Å². The fraction of sp³-hybridized carbons (Fsp3) is 0.353. The molecule has 112 valence electrons. The van der Waals surface area contributed by atoms with Crippen molar-refractivity contribution >= 4 is 5.91 Å². The normalized spacial score (nSPS) is 11.4. The first-order valence-corrected chi connectivity index (χ1v) is 7.06. The van der Waals surface area contributed by atoms with Crippen LogP contribution in [0.4, 0.5) is 0 Å². The summed E-state index contributed by atoms with van der Waals surface area (Å²) in [7, 11) is 0. The van der Waals surface area contributed by atoms with Gasteiger partial charge in [0.15, 0.2) is 0 Å². The minimum atomic E-state index is -0.344. The molecule has 0 unspecified atom stereocenters. The van der Waals surface area contributed by atoms with Gasteiger partial charge in [-0.3, -0.25) is 4.79 Å². The zero-order valence-corrected chi connectivity index (χ0v) is 12.8. The van der Waals surface area contributed by atoms with Crippen molar-refractivity contribution in [2.45, 2.75) is 39.3 Å². The van der Waals surface area contributed by atoms with Gasteiger partial charge in [-0.15, -0.1) is 0 Å². The van der Waals surface area contributed by atoms with E-state index in [2.05, 4.69) is 24.4 Å². The second-order valence-corrected chi connectivity index (χ2v) is 5.95. The summed E-state index contributed by atoms with van der Waals surface area (Å²) in [4.78, 5) is 12.3. The lowest BCUT2D eigenvalue weighted by Gasteiger charge is -2.27. The zero-order chi connectivity index (χ0) is 15.5. The third kappa shape index (κ3) is 3.95. The summed E-state index contributed by atoms with van der Waals surface area (Å²) in [5.74, 6) is 0.467. The number of rotatable bonds is 5. The minimum absolute atomic E-state index is 0.142. The first-order chi connectivity index (χ1) is 9.91. The van der Waals surface area contributed by atoms with Crippen LogP contribution in [0.25, 0.3) is 0 Å². The molecule has 0 spiro atoms. The van der Waals surface area contributed by atoms with E-state index in [9.17, 15) is 4.79 Å². The SMILES string of the molecule is Cc1ccccc1CC(C)(C)NC(=O)c1coc(CN)c1. The quantitative estimate of drug-likeness (QED) is 0.888. The Morgan fingerprint density at radius 1 is 1.33 bits per heavy atom. The Balaban J connectivity index is 2.06. The molecule has 0 aliphatic rings. The molecular weight excluding hydrogens is 264 g/mol. The predicted octanol–water partition coefficient (Wildman–Crippen LogP) is 2.80. The maximum absolute atomic E-state index is 12.3. The summed E-state index contributed by atoms with van der Waals surface area (Å²) in [6.45, 7) is 6.40. The van der Waals surface area contributed by atoms with Crippen molar-refractivity contribution in [3.05, 3.63) is 59.0 Å². The van der Waals surface area contributed by atoms with Crippen molar-refractivity contribution in [1.82, 2.24) is 5.32 Å². The van der Waals surface area contributed by atoms with Crippen LogP contribution in [0.15, 0.2) is 41.0 Å². The molecule has 0 fully saturated rings. The fourth-order valence-electron chi connectivity index (χ4n) is 2.32. The van der Waals surface area contributed by atoms with Gasteiger partial charge in [0, 0.05) is 5.54 Å². The highest BCUT2D eigenvalue weighted by molar-refractivity contribution is 5.94. The summed E-state index contributed by atoms with van der Waals surface area (Å²) in [5.41, 5.74) is 8.11. The molecule has 2 aromatic rings. The Kier molecular flexibility index (Phi) is 4.48. The number of amides is 1. The number of aryl methyl sites for hydroxylation is 1. The Bertz CT molecular complexity index is 629. The van der Waals surface area contributed by atoms with Crippen molar-refractivity contribution in [3.8, 4) is 0 Å². The van der Waals surface area contributed by atoms with E-state index in [1.165, 1.54) is 17.4 Å². The maximum atomic E-state index is 12.3. The maximum Gasteiger partial charge on any atom is 0.254 e. The molecule has 0 saturated carbocycles. The number of hydrogen-bond donors (Lipinski definition) is 2. The van der Waals surface area contributed by atoms with E-state index in [-0.39, 0.29) is 11.4 Å². The molecular formula is C17H22N2O2. The minimum Gasteiger partial charge on any atom is -0.467 e. The van der Waals surface area contributed by atoms with Gasteiger partial charge < -0.3 is 15.5 Å². The first kappa shape index (κ1) is 15.3. The Hall–Kier alpha value is -2.07. The first-order valence-electron chi connectivity index (χ1n) is 7.06. The second kappa shape index (κ2) is 6.14. The molecule has 0 aliphatic carbocycles. The number of benzene rings is 1. The average molecular weight is 286 g/mol. The molecule has 1 heterocycles. The van der Waals surface area contributed by atoms with E-state index >= 15 is 0 Å². The molecule has 4 nitrogen and oxygen atoms in total. The molecule has 2 rings (SSSR count). The molecule has 21 heavy (non-hydrogen) atoms. The summed E-state index contributed by atoms with van der Waals surface area (Å²) in [6.07, 6.45) is 2.22. The molecule has 0 radical (unpaired) electrons. The van der Waals surface area contributed by atoms with Gasteiger partial charge in [0.25, 0.3) is 5.91 Å². The number of carbonyl (C=O) groups is 1. The standard InChI is InChI=1S/C17H22N2O2/c1-12-6-4-5-7-13(12)9-17(2,3)19-16(20)14-8-15(10-18)21-11-14/h4-8,11H,9-10,18H2,1-3H3,(H,19,20). The lowest BCUT2D eigenvalue weighted by molar-refractivity contribution is 0.0912. The van der Waals surface area contributed by atoms with Crippen LogP contribution in [0.1, 0.15) is 41.1 Å². The zero-order valence-electron chi connectivity index (χ0n) is 12.8. The smallest absolute Gasteiger partial charge is 0.254 e. The van der Waals surface area contributed by atoms with Gasteiger partial charge in [-0.1, -0.05) is 24.3 Å². The molecule has 1 aromatic carbocycles. The largest absolute Gasteiger partial charge is 0.467 e. The summed E-state index contributed by atoms with van der Waals surface area (Å²) >= 11 is 0. The van der Waals surface area contributed by atoms with Crippen molar-refractivity contribution in [2.24, 2.45) is 5.73 Å². The van der Waals surface area contributed by atoms with Gasteiger partial charge in [-0.05, 0) is 44.4 Å². The fourth-order valence-corrected chi connectivity index (χ4v) is 2.32. The number of nitrogens with two attached hydrogens (primary N) is 1. The summed E-state index contributed by atoms with van der Waals surface area (Å²) < 4.78 is 5.20. The number of carbonyl (C=O) groups excluding carboxylic acids is 1. The van der Waals surface area contributed by atoms with E-state index in [4.69, 9.17) is 10.2 Å². The highest BCUT2D eigenvalue weighted by atomic mass is 16.3. The van der Waals surface area contributed by atoms with Gasteiger partial charge in [0.1, 0.15) is 12.0 Å². The third-order valence-corrected chi connectivity index (χ3v) is 3.46. The predicted molar refractivity (Wildman–Crippen MR) is 83.0 cm³/mol. The Morgan fingerprint density at radius 3 is 2.67 bits per heavy atom. The van der Waals surface area contributed by atoms with E-state index in [0.717, 1.165) is 6.42 Å². The lowest BCUT2D eigenvalue weighted by Crippen LogP contribution is -2.45. The van der Waals surface area contributed by atoms with E-state index in [1.54, 1.807) is 6.07 Å². The summed E-state index contributed by atoms with van der Waals surface area (Å²) in [5, 5.41) is 3.05. The van der Waals surface area contributed by atoms with Crippen molar-refractivity contribution in [2.75, 3.05) is 0 Å². The van der Waals surface area contributed by atoms with Crippen LogP contribution in [-0.4, -0.2) is 11.4 Å². The third-order valence-electron chi connectivity index (χ3n) is 3.46. The lowest BCUT2D eigenvalue weighted by atomic mass is 9.92. The number of nitrogens with one attached hydrogen (secondary N) is 1. The molecule has 1 amide bonds. The number of hydrogen-bond acceptors (Lipinski definition) is 3. The van der Waals surface area contributed by atoms with Gasteiger partial charge in [-0.25, -0.2) is 0 Å². The number of furan rings is 1. The second-order valence-electron chi connectivity index (χ2n) is 5.95. The van der Waals surface area contributed by atoms with Crippen LogP contribution < -0.4 is 11.1 Å². The average Bonchev–Trinajstić information content (AvgIpc) is 2.89. The molecule has 0 bridgehead atoms. The Labute approximate surface area is 125 Å². The Morgan fingerprint density at radius 2 is 2.05 bits per heavy atom. The molecule has 3 N–H and O–H groups in total. The van der Waals surface area contributed by atoms with Crippen molar-refractivity contribution in [1.29, 1.82) is 0 Å². The molecule has 1 aromatic heterocycles. The van der Waals surface area contributed by atoms with Crippen LogP contribution in [0.2, 0.25) is 0 Å². The van der Waals surface area contributed by atoms with Crippen LogP contribution in [-0.2, 0) is 13.0 Å². The monoisotopic (exact) mass is 286 g/mol. The molecule has 0 aliphatic heterocycles. The van der Waals surface area contributed by atoms with Crippen molar-refractivity contribution in [3.63, 3.8) is 0 Å². The highest BCUT2D eigenvalue weighted by Crippen LogP contribution is 2.17. The van der Waals surface area contributed by atoms with Gasteiger partial charge >= 0.3 is 0 Å². The molecule has 0 saturated heterocycles. The molecule has 4 heteroatoms. The van der Waals surface area contributed by atoms with Crippen LogP contribution >= 0.6 is 0 Å².